The van der Waals surface area contributed by atoms with Crippen molar-refractivity contribution >= 4 is 17.4 Å². The van der Waals surface area contributed by atoms with Crippen LogP contribution in [0.3, 0.4) is 0 Å². The van der Waals surface area contributed by atoms with E-state index in [0.717, 1.165) is 26.0 Å². The number of hydrogen-bond donors (Lipinski definition) is 1. The van der Waals surface area contributed by atoms with E-state index >= 15 is 0 Å². The second-order valence-electron chi connectivity index (χ2n) is 4.38. The van der Waals surface area contributed by atoms with Crippen LogP contribution in [0.25, 0.3) is 0 Å². The minimum atomic E-state index is 0.338. The maximum Gasteiger partial charge on any atom is 0.132 e. The Morgan fingerprint density at radius 1 is 1.50 bits per heavy atom. The molecule has 0 radical (unpaired) electrons. The van der Waals surface area contributed by atoms with Crippen molar-refractivity contribution in [2.24, 2.45) is 0 Å². The molecule has 18 heavy (non-hydrogen) atoms. The number of anilines is 1. The van der Waals surface area contributed by atoms with Crippen molar-refractivity contribution in [1.29, 1.82) is 5.26 Å². The number of rotatable bonds is 4. The molecule has 1 aromatic heterocycles. The summed E-state index contributed by atoms with van der Waals surface area (Å²) in [5.41, 5.74) is 0.520. The zero-order valence-corrected chi connectivity index (χ0v) is 10.9. The number of aromatic nitrogens is 1. The number of hydrogen-bond acceptors (Lipinski definition) is 4. The third-order valence-electron chi connectivity index (χ3n) is 2.97. The minimum absolute atomic E-state index is 0.338. The van der Waals surface area contributed by atoms with Gasteiger partial charge in [-0.25, -0.2) is 4.98 Å². The van der Waals surface area contributed by atoms with Crippen LogP contribution >= 0.6 is 11.6 Å². The Kier molecular flexibility index (Phi) is 4.80. The largest absolute Gasteiger partial charge is 0.378 e. The van der Waals surface area contributed by atoms with Gasteiger partial charge in [0.1, 0.15) is 11.0 Å². The van der Waals surface area contributed by atoms with Crippen LogP contribution in [-0.4, -0.2) is 24.2 Å². The normalized spacial score (nSPS) is 19.2. The van der Waals surface area contributed by atoms with E-state index in [0.29, 0.717) is 22.6 Å². The van der Waals surface area contributed by atoms with Gasteiger partial charge < -0.3 is 10.1 Å². The van der Waals surface area contributed by atoms with Gasteiger partial charge in [-0.2, -0.15) is 5.26 Å². The van der Waals surface area contributed by atoms with Crippen molar-refractivity contribution in [3.63, 3.8) is 0 Å². The number of nitrogens with one attached hydrogen (secondary N) is 1. The molecule has 0 bridgehead atoms. The SMILES string of the molecule is N#Cc1cc(Cl)nc(NCCC2CCCCO2)c1. The van der Waals surface area contributed by atoms with Gasteiger partial charge in [-0.1, -0.05) is 11.6 Å². The monoisotopic (exact) mass is 265 g/mol. The molecular weight excluding hydrogens is 250 g/mol. The Morgan fingerprint density at radius 3 is 3.11 bits per heavy atom. The summed E-state index contributed by atoms with van der Waals surface area (Å²) in [6.07, 6.45) is 4.86. The number of ether oxygens (including phenoxy) is 1. The third-order valence-corrected chi connectivity index (χ3v) is 3.16. The topological polar surface area (TPSA) is 57.9 Å². The summed E-state index contributed by atoms with van der Waals surface area (Å²) in [6.45, 7) is 1.65. The highest BCUT2D eigenvalue weighted by atomic mass is 35.5. The quantitative estimate of drug-likeness (QED) is 0.851. The molecule has 0 saturated carbocycles. The molecule has 5 heteroatoms. The van der Waals surface area contributed by atoms with Crippen LogP contribution in [0.1, 0.15) is 31.2 Å². The van der Waals surface area contributed by atoms with Gasteiger partial charge in [0.25, 0.3) is 0 Å². The highest BCUT2D eigenvalue weighted by Crippen LogP contribution is 2.17. The molecule has 0 amide bonds. The fourth-order valence-corrected chi connectivity index (χ4v) is 2.26. The second-order valence-corrected chi connectivity index (χ2v) is 4.77. The van der Waals surface area contributed by atoms with Crippen molar-refractivity contribution in [3.8, 4) is 6.07 Å². The molecular formula is C13H16ClN3O. The van der Waals surface area contributed by atoms with Crippen LogP contribution in [-0.2, 0) is 4.74 Å². The maximum atomic E-state index is 8.83. The summed E-state index contributed by atoms with van der Waals surface area (Å²) in [4.78, 5) is 4.13. The molecule has 1 saturated heterocycles. The molecule has 0 spiro atoms. The molecule has 1 fully saturated rings. The van der Waals surface area contributed by atoms with Crippen LogP contribution < -0.4 is 5.32 Å². The van der Waals surface area contributed by atoms with Crippen LogP contribution in [0, 0.1) is 11.3 Å². The summed E-state index contributed by atoms with van der Waals surface area (Å²) < 4.78 is 5.65. The van der Waals surface area contributed by atoms with Gasteiger partial charge in [0.2, 0.25) is 0 Å². The maximum absolute atomic E-state index is 8.83. The third kappa shape index (κ3) is 3.86. The highest BCUT2D eigenvalue weighted by molar-refractivity contribution is 6.29. The van der Waals surface area contributed by atoms with Crippen molar-refractivity contribution in [1.82, 2.24) is 4.98 Å². The van der Waals surface area contributed by atoms with Gasteiger partial charge in [0, 0.05) is 13.2 Å². The van der Waals surface area contributed by atoms with Gasteiger partial charge >= 0.3 is 0 Å². The van der Waals surface area contributed by atoms with Crippen LogP contribution in [0.2, 0.25) is 5.15 Å². The molecule has 1 aliphatic heterocycles. The molecule has 2 heterocycles. The van der Waals surface area contributed by atoms with Gasteiger partial charge in [0.05, 0.1) is 17.7 Å². The van der Waals surface area contributed by atoms with E-state index in [1.54, 1.807) is 12.1 Å². The van der Waals surface area contributed by atoms with E-state index in [9.17, 15) is 0 Å². The molecule has 1 aromatic rings. The van der Waals surface area contributed by atoms with E-state index < -0.39 is 0 Å². The molecule has 4 nitrogen and oxygen atoms in total. The van der Waals surface area contributed by atoms with E-state index in [2.05, 4.69) is 16.4 Å². The van der Waals surface area contributed by atoms with Crippen molar-refractivity contribution in [2.75, 3.05) is 18.5 Å². The van der Waals surface area contributed by atoms with Gasteiger partial charge in [-0.3, -0.25) is 0 Å². The van der Waals surface area contributed by atoms with Crippen LogP contribution in [0.5, 0.6) is 0 Å². The summed E-state index contributed by atoms with van der Waals surface area (Å²) in [5, 5.41) is 12.4. The van der Waals surface area contributed by atoms with Crippen molar-refractivity contribution < 1.29 is 4.74 Å². The lowest BCUT2D eigenvalue weighted by Crippen LogP contribution is -2.22. The lowest BCUT2D eigenvalue weighted by molar-refractivity contribution is 0.0134. The Hall–Kier alpha value is -1.31. The van der Waals surface area contributed by atoms with Crippen LogP contribution in [0.4, 0.5) is 5.82 Å². The Morgan fingerprint density at radius 2 is 2.39 bits per heavy atom. The summed E-state index contributed by atoms with van der Waals surface area (Å²) >= 11 is 5.83. The molecule has 0 aromatic carbocycles. The van der Waals surface area contributed by atoms with Gasteiger partial charge in [-0.15, -0.1) is 0 Å². The first kappa shape index (κ1) is 13.1. The first-order valence-electron chi connectivity index (χ1n) is 6.21. The molecule has 1 unspecified atom stereocenters. The number of pyridine rings is 1. The number of nitriles is 1. The van der Waals surface area contributed by atoms with E-state index in [4.69, 9.17) is 21.6 Å². The predicted octanol–water partition coefficient (Wildman–Crippen LogP) is 2.98. The standard InChI is InChI=1S/C13H16ClN3O/c14-12-7-10(9-15)8-13(17-12)16-5-4-11-3-1-2-6-18-11/h7-8,11H,1-6H2,(H,16,17). The van der Waals surface area contributed by atoms with Gasteiger partial charge in [-0.05, 0) is 37.8 Å². The zero-order valence-electron chi connectivity index (χ0n) is 10.2. The molecule has 1 N–H and O–H groups in total. The van der Waals surface area contributed by atoms with Crippen molar-refractivity contribution in [2.45, 2.75) is 31.8 Å². The lowest BCUT2D eigenvalue weighted by atomic mass is 10.1. The van der Waals surface area contributed by atoms with E-state index in [1.807, 2.05) is 0 Å². The van der Waals surface area contributed by atoms with Crippen LogP contribution in [0.15, 0.2) is 12.1 Å². The summed E-state index contributed by atoms with van der Waals surface area (Å²) in [7, 11) is 0. The minimum Gasteiger partial charge on any atom is -0.378 e. The van der Waals surface area contributed by atoms with E-state index in [-0.39, 0.29) is 0 Å². The zero-order chi connectivity index (χ0) is 12.8. The fourth-order valence-electron chi connectivity index (χ4n) is 2.05. The van der Waals surface area contributed by atoms with Crippen molar-refractivity contribution in [3.05, 3.63) is 22.8 Å². The molecule has 0 aliphatic carbocycles. The highest BCUT2D eigenvalue weighted by Gasteiger charge is 2.13. The summed E-state index contributed by atoms with van der Waals surface area (Å²) in [6, 6.07) is 5.31. The Bertz CT molecular complexity index is 438. The fraction of sp³-hybridized carbons (Fsp3) is 0.538. The molecule has 96 valence electrons. The Labute approximate surface area is 112 Å². The Balaban J connectivity index is 1.82. The molecule has 2 rings (SSSR count). The number of nitrogens with zero attached hydrogens (tertiary/aromatic N) is 2. The number of halogens is 1. The summed E-state index contributed by atoms with van der Waals surface area (Å²) in [5.74, 6) is 0.648. The first-order chi connectivity index (χ1) is 8.78. The molecule has 1 aliphatic rings. The first-order valence-corrected chi connectivity index (χ1v) is 6.59. The average Bonchev–Trinajstić information content (AvgIpc) is 2.39. The second kappa shape index (κ2) is 6.58. The van der Waals surface area contributed by atoms with Gasteiger partial charge in [0.15, 0.2) is 0 Å². The lowest BCUT2D eigenvalue weighted by Gasteiger charge is -2.22. The van der Waals surface area contributed by atoms with E-state index in [1.165, 1.54) is 12.8 Å². The average molecular weight is 266 g/mol. The smallest absolute Gasteiger partial charge is 0.132 e. The molecule has 1 atom stereocenters. The predicted molar refractivity (Wildman–Crippen MR) is 70.7 cm³/mol.